The van der Waals surface area contributed by atoms with Gasteiger partial charge in [-0.15, -0.1) is 0 Å². The highest BCUT2D eigenvalue weighted by atomic mass is 16.6. The summed E-state index contributed by atoms with van der Waals surface area (Å²) in [7, 11) is 1.57. The van der Waals surface area contributed by atoms with Crippen molar-refractivity contribution >= 4 is 22.8 Å². The molecule has 0 spiro atoms. The van der Waals surface area contributed by atoms with Gasteiger partial charge in [-0.1, -0.05) is 12.1 Å². The number of carbonyl (C=O) groups excluding carboxylic acids is 2. The molecule has 10 nitrogen and oxygen atoms in total. The van der Waals surface area contributed by atoms with E-state index >= 15 is 0 Å². The molecule has 6 rings (SSSR count). The van der Waals surface area contributed by atoms with E-state index in [1.807, 2.05) is 24.3 Å². The number of nitrogens with zero attached hydrogens (tertiary/aromatic N) is 3. The van der Waals surface area contributed by atoms with Crippen LogP contribution < -0.4 is 10.3 Å². The zero-order valence-electron chi connectivity index (χ0n) is 19.1. The summed E-state index contributed by atoms with van der Waals surface area (Å²) in [5.41, 5.74) is 0.00825. The summed E-state index contributed by atoms with van der Waals surface area (Å²) in [6.45, 7) is 1.47. The number of para-hydroxylation sites is 1. The fourth-order valence-electron chi connectivity index (χ4n) is 5.20. The second kappa shape index (κ2) is 7.89. The highest BCUT2D eigenvalue weighted by Gasteiger charge is 2.49. The van der Waals surface area contributed by atoms with Crippen molar-refractivity contribution in [2.75, 3.05) is 33.4 Å². The van der Waals surface area contributed by atoms with Gasteiger partial charge >= 0.3 is 5.97 Å². The molecule has 3 aliphatic rings. The van der Waals surface area contributed by atoms with Gasteiger partial charge in [0.15, 0.2) is 5.60 Å². The molecule has 1 aromatic carbocycles. The Hall–Kier alpha value is -3.76. The van der Waals surface area contributed by atoms with Crippen molar-refractivity contribution in [1.82, 2.24) is 14.5 Å². The summed E-state index contributed by atoms with van der Waals surface area (Å²) in [6.07, 6.45) is -0.525. The predicted octanol–water partition coefficient (Wildman–Crippen LogP) is 0.927. The van der Waals surface area contributed by atoms with Crippen LogP contribution >= 0.6 is 0 Å². The fraction of sp³-hybridized carbons (Fsp3) is 0.360. The molecule has 2 aromatic heterocycles. The molecule has 3 aliphatic heterocycles. The van der Waals surface area contributed by atoms with Gasteiger partial charge in [0, 0.05) is 29.6 Å². The minimum absolute atomic E-state index is 0.0911. The molecule has 0 bridgehead atoms. The van der Waals surface area contributed by atoms with Crippen LogP contribution in [-0.2, 0) is 37.8 Å². The first-order valence-electron chi connectivity index (χ1n) is 11.4. The van der Waals surface area contributed by atoms with E-state index in [1.165, 1.54) is 4.90 Å². The summed E-state index contributed by atoms with van der Waals surface area (Å²) < 4.78 is 17.7. The SMILES string of the molecule is COc1c2c(nc3ccccc13)-c1cc3c(c(=O)n1C2)COC(=O)[C@@]3(O)CC(=O)N1CCOCC1. The summed E-state index contributed by atoms with van der Waals surface area (Å²) in [6, 6.07) is 9.10. The molecule has 3 aromatic rings. The van der Waals surface area contributed by atoms with Crippen LogP contribution in [0.5, 0.6) is 5.75 Å². The van der Waals surface area contributed by atoms with E-state index in [0.29, 0.717) is 49.0 Å². The van der Waals surface area contributed by atoms with E-state index in [1.54, 1.807) is 17.7 Å². The number of rotatable bonds is 3. The zero-order chi connectivity index (χ0) is 24.3. The fourth-order valence-corrected chi connectivity index (χ4v) is 5.20. The number of amides is 1. The third-order valence-electron chi connectivity index (χ3n) is 7.01. The highest BCUT2D eigenvalue weighted by molar-refractivity contribution is 5.93. The lowest BCUT2D eigenvalue weighted by molar-refractivity contribution is -0.176. The molecule has 1 fully saturated rings. The number of methoxy groups -OCH3 is 1. The Balaban J connectivity index is 1.50. The molecule has 0 aliphatic carbocycles. The standard InChI is InChI=1S/C25H23N3O7/c1-33-22-14-4-2-3-5-18(14)26-21-15(22)12-28-19(21)10-17-16(23(28)30)13-35-24(31)25(17,32)11-20(29)27-6-8-34-9-7-27/h2-5,10,32H,6-9,11-13H2,1H3/t25-/m1/s1. The van der Waals surface area contributed by atoms with Gasteiger partial charge in [-0.25, -0.2) is 9.78 Å². The number of aliphatic hydroxyl groups is 1. The van der Waals surface area contributed by atoms with Crippen LogP contribution in [0.2, 0.25) is 0 Å². The van der Waals surface area contributed by atoms with E-state index in [9.17, 15) is 19.5 Å². The summed E-state index contributed by atoms with van der Waals surface area (Å²) >= 11 is 0. The smallest absolute Gasteiger partial charge is 0.343 e. The number of benzene rings is 1. The van der Waals surface area contributed by atoms with Crippen molar-refractivity contribution < 1.29 is 28.9 Å². The Bertz CT molecular complexity index is 1460. The zero-order valence-corrected chi connectivity index (χ0v) is 19.1. The average molecular weight is 477 g/mol. The van der Waals surface area contributed by atoms with E-state index in [4.69, 9.17) is 19.2 Å². The molecular weight excluding hydrogens is 454 g/mol. The highest BCUT2D eigenvalue weighted by Crippen LogP contribution is 2.42. The Labute approximate surface area is 199 Å². The van der Waals surface area contributed by atoms with Crippen molar-refractivity contribution in [2.45, 2.75) is 25.2 Å². The van der Waals surface area contributed by atoms with E-state index in [2.05, 4.69) is 0 Å². The summed E-state index contributed by atoms with van der Waals surface area (Å²) in [5, 5.41) is 12.3. The number of esters is 1. The number of fused-ring (bicyclic) bond motifs is 5. The maximum atomic E-state index is 13.5. The van der Waals surface area contributed by atoms with Gasteiger partial charge < -0.3 is 28.8 Å². The second-order valence-corrected chi connectivity index (χ2v) is 8.91. The number of pyridine rings is 2. The van der Waals surface area contributed by atoms with Crippen molar-refractivity contribution in [3.63, 3.8) is 0 Å². The van der Waals surface area contributed by atoms with Crippen LogP contribution in [0.1, 0.15) is 23.1 Å². The number of hydrogen-bond acceptors (Lipinski definition) is 8. The van der Waals surface area contributed by atoms with Gasteiger partial charge in [0.25, 0.3) is 5.56 Å². The molecular formula is C25H23N3O7. The van der Waals surface area contributed by atoms with Gasteiger partial charge in [0.1, 0.15) is 12.4 Å². The third kappa shape index (κ3) is 3.17. The molecule has 0 radical (unpaired) electrons. The minimum Gasteiger partial charge on any atom is -0.496 e. The first kappa shape index (κ1) is 21.8. The lowest BCUT2D eigenvalue weighted by atomic mass is 9.85. The summed E-state index contributed by atoms with van der Waals surface area (Å²) in [4.78, 5) is 45.6. The molecule has 1 N–H and O–H groups in total. The lowest BCUT2D eigenvalue weighted by Gasteiger charge is -2.34. The van der Waals surface area contributed by atoms with Gasteiger partial charge in [-0.3, -0.25) is 9.59 Å². The number of hydrogen-bond donors (Lipinski definition) is 1. The molecule has 0 saturated carbocycles. The first-order valence-corrected chi connectivity index (χ1v) is 11.4. The van der Waals surface area contributed by atoms with Crippen LogP contribution in [0.4, 0.5) is 0 Å². The normalized spacial score (nSPS) is 20.7. The van der Waals surface area contributed by atoms with Crippen molar-refractivity contribution in [1.29, 1.82) is 0 Å². The maximum absolute atomic E-state index is 13.5. The van der Waals surface area contributed by atoms with Crippen LogP contribution in [0.3, 0.4) is 0 Å². The predicted molar refractivity (Wildman–Crippen MR) is 123 cm³/mol. The Kier molecular flexibility index (Phi) is 4.90. The molecule has 0 unspecified atom stereocenters. The summed E-state index contributed by atoms with van der Waals surface area (Å²) in [5.74, 6) is -0.734. The first-order chi connectivity index (χ1) is 16.9. The number of cyclic esters (lactones) is 1. The van der Waals surface area contributed by atoms with Crippen molar-refractivity contribution in [2.24, 2.45) is 0 Å². The van der Waals surface area contributed by atoms with Crippen LogP contribution in [0.15, 0.2) is 35.1 Å². The number of carbonyl (C=O) groups is 2. The van der Waals surface area contributed by atoms with Gasteiger partial charge in [0.05, 0.1) is 55.8 Å². The number of aromatic nitrogens is 2. The van der Waals surface area contributed by atoms with Crippen LogP contribution in [-0.4, -0.2) is 64.8 Å². The monoisotopic (exact) mass is 477 g/mol. The molecule has 1 saturated heterocycles. The van der Waals surface area contributed by atoms with E-state index < -0.39 is 29.5 Å². The van der Waals surface area contributed by atoms with Gasteiger partial charge in [-0.2, -0.15) is 0 Å². The molecule has 35 heavy (non-hydrogen) atoms. The molecule has 180 valence electrons. The Morgan fingerprint density at radius 2 is 1.97 bits per heavy atom. The average Bonchev–Trinajstić information content (AvgIpc) is 3.24. The largest absolute Gasteiger partial charge is 0.496 e. The van der Waals surface area contributed by atoms with E-state index in [-0.39, 0.29) is 24.3 Å². The number of ether oxygens (including phenoxy) is 3. The van der Waals surface area contributed by atoms with Crippen molar-refractivity contribution in [3.8, 4) is 17.1 Å². The minimum atomic E-state index is -2.28. The van der Waals surface area contributed by atoms with Crippen LogP contribution in [0, 0.1) is 0 Å². The quantitative estimate of drug-likeness (QED) is 0.433. The second-order valence-electron chi connectivity index (χ2n) is 8.91. The maximum Gasteiger partial charge on any atom is 0.343 e. The van der Waals surface area contributed by atoms with Gasteiger partial charge in [0.2, 0.25) is 5.91 Å². The molecule has 1 amide bonds. The molecule has 1 atom stereocenters. The van der Waals surface area contributed by atoms with Crippen LogP contribution in [0.25, 0.3) is 22.3 Å². The van der Waals surface area contributed by atoms with Crippen molar-refractivity contribution in [3.05, 3.63) is 57.4 Å². The number of morpholine rings is 1. The lowest BCUT2D eigenvalue weighted by Crippen LogP contribution is -2.49. The van der Waals surface area contributed by atoms with Gasteiger partial charge in [-0.05, 0) is 18.2 Å². The molecule has 10 heteroatoms. The third-order valence-corrected chi connectivity index (χ3v) is 7.01. The molecule has 5 heterocycles. The Morgan fingerprint density at radius 3 is 2.74 bits per heavy atom. The van der Waals surface area contributed by atoms with E-state index in [0.717, 1.165) is 10.9 Å². The Morgan fingerprint density at radius 1 is 1.20 bits per heavy atom. The topological polar surface area (TPSA) is 120 Å².